The van der Waals surface area contributed by atoms with Crippen molar-refractivity contribution in [3.63, 3.8) is 0 Å². The molecule has 0 aliphatic heterocycles. The van der Waals surface area contributed by atoms with Crippen LogP contribution >= 0.6 is 0 Å². The number of carbonyl (C=O) groups is 1. The zero-order valence-corrected chi connectivity index (χ0v) is 8.97. The Morgan fingerprint density at radius 1 is 1.31 bits per heavy atom. The molecule has 2 aromatic heterocycles. The fourth-order valence-electron chi connectivity index (χ4n) is 2.44. The fraction of sp³-hybridized carbons (Fsp3) is 0.417. The number of nitrogens with zero attached hydrogens (tertiary/aromatic N) is 3. The van der Waals surface area contributed by atoms with Gasteiger partial charge in [-0.3, -0.25) is 4.79 Å². The molecule has 0 spiro atoms. The quantitative estimate of drug-likeness (QED) is 0.722. The van der Waals surface area contributed by atoms with E-state index in [1.54, 1.807) is 12.4 Å². The van der Waals surface area contributed by atoms with Gasteiger partial charge in [0.1, 0.15) is 0 Å². The molecule has 0 bridgehead atoms. The second-order valence-corrected chi connectivity index (χ2v) is 4.33. The van der Waals surface area contributed by atoms with Crippen molar-refractivity contribution in [1.82, 2.24) is 14.8 Å². The van der Waals surface area contributed by atoms with E-state index in [4.69, 9.17) is 0 Å². The van der Waals surface area contributed by atoms with Gasteiger partial charge in [0, 0.05) is 17.1 Å². The average molecular weight is 215 g/mol. The van der Waals surface area contributed by atoms with Crippen LogP contribution in [-0.4, -0.2) is 21.1 Å². The third kappa shape index (κ3) is 1.41. The zero-order valence-electron chi connectivity index (χ0n) is 8.97. The molecule has 4 heteroatoms. The molecule has 0 saturated heterocycles. The lowest BCUT2D eigenvalue weighted by Crippen LogP contribution is -2.06. The number of fused-ring (bicyclic) bond motifs is 1. The molecule has 2 aromatic rings. The van der Waals surface area contributed by atoms with Gasteiger partial charge in [0.2, 0.25) is 0 Å². The van der Waals surface area contributed by atoms with Crippen LogP contribution in [0, 0.1) is 0 Å². The molecule has 1 saturated carbocycles. The maximum Gasteiger partial charge on any atom is 0.158 e. The minimum atomic E-state index is 0.493. The fourth-order valence-corrected chi connectivity index (χ4v) is 2.44. The average Bonchev–Trinajstić information content (AvgIpc) is 2.96. The van der Waals surface area contributed by atoms with Crippen molar-refractivity contribution >= 4 is 17.3 Å². The highest BCUT2D eigenvalue weighted by Gasteiger charge is 2.19. The highest BCUT2D eigenvalue weighted by Crippen LogP contribution is 2.30. The summed E-state index contributed by atoms with van der Waals surface area (Å²) in [5.41, 5.74) is 1.51. The number of hydrogen-bond acceptors (Lipinski definition) is 3. The summed E-state index contributed by atoms with van der Waals surface area (Å²) in [6.07, 6.45) is 9.16. The molecule has 1 aliphatic carbocycles. The van der Waals surface area contributed by atoms with E-state index in [-0.39, 0.29) is 0 Å². The van der Waals surface area contributed by atoms with E-state index in [1.807, 2.05) is 10.7 Å². The molecule has 2 heterocycles. The van der Waals surface area contributed by atoms with Gasteiger partial charge in [0.25, 0.3) is 0 Å². The van der Waals surface area contributed by atoms with Crippen LogP contribution in [0.4, 0.5) is 0 Å². The molecule has 1 aliphatic rings. The second-order valence-electron chi connectivity index (χ2n) is 4.33. The van der Waals surface area contributed by atoms with Crippen molar-refractivity contribution in [1.29, 1.82) is 0 Å². The molecular weight excluding hydrogens is 202 g/mol. The molecule has 0 unspecified atom stereocenters. The van der Waals surface area contributed by atoms with Gasteiger partial charge in [-0.25, -0.2) is 9.67 Å². The van der Waals surface area contributed by atoms with Crippen molar-refractivity contribution in [2.24, 2.45) is 0 Å². The molecule has 0 radical (unpaired) electrons. The van der Waals surface area contributed by atoms with E-state index in [1.165, 1.54) is 25.7 Å². The molecule has 0 N–H and O–H groups in total. The highest BCUT2D eigenvalue weighted by molar-refractivity contribution is 5.83. The van der Waals surface area contributed by atoms with Crippen LogP contribution in [0.1, 0.15) is 42.1 Å². The Kier molecular flexibility index (Phi) is 2.20. The minimum absolute atomic E-state index is 0.493. The van der Waals surface area contributed by atoms with Crippen molar-refractivity contribution in [3.05, 3.63) is 24.0 Å². The van der Waals surface area contributed by atoms with E-state index in [0.29, 0.717) is 11.6 Å². The molecule has 1 fully saturated rings. The topological polar surface area (TPSA) is 47.8 Å². The zero-order chi connectivity index (χ0) is 11.0. The number of hydrogen-bond donors (Lipinski definition) is 0. The largest absolute Gasteiger partial charge is 0.298 e. The van der Waals surface area contributed by atoms with Crippen molar-refractivity contribution in [2.45, 2.75) is 31.7 Å². The number of aldehydes is 1. The SMILES string of the molecule is O=Cc1cnc2c(cnn2C2CCCC2)c1. The molecule has 3 rings (SSSR count). The number of carbonyl (C=O) groups excluding carboxylic acids is 1. The number of aromatic nitrogens is 3. The summed E-state index contributed by atoms with van der Waals surface area (Å²) >= 11 is 0. The summed E-state index contributed by atoms with van der Waals surface area (Å²) in [5.74, 6) is 0. The van der Waals surface area contributed by atoms with Crippen LogP contribution in [-0.2, 0) is 0 Å². The van der Waals surface area contributed by atoms with Crippen LogP contribution in [0.15, 0.2) is 18.5 Å². The van der Waals surface area contributed by atoms with Crippen LogP contribution in [0.5, 0.6) is 0 Å². The van der Waals surface area contributed by atoms with E-state index >= 15 is 0 Å². The van der Waals surface area contributed by atoms with Gasteiger partial charge in [-0.05, 0) is 18.9 Å². The van der Waals surface area contributed by atoms with Gasteiger partial charge in [-0.15, -0.1) is 0 Å². The predicted octanol–water partition coefficient (Wildman–Crippen LogP) is 2.36. The van der Waals surface area contributed by atoms with E-state index < -0.39 is 0 Å². The maximum absolute atomic E-state index is 10.6. The Hall–Kier alpha value is -1.71. The van der Waals surface area contributed by atoms with Crippen molar-refractivity contribution < 1.29 is 4.79 Å². The minimum Gasteiger partial charge on any atom is -0.298 e. The standard InChI is InChI=1S/C12H13N3O/c16-8-9-5-10-7-14-15(12(10)13-6-9)11-3-1-2-4-11/h5-8,11H,1-4H2. The maximum atomic E-state index is 10.6. The first-order chi connectivity index (χ1) is 7.88. The Labute approximate surface area is 93.3 Å². The van der Waals surface area contributed by atoms with Crippen LogP contribution in [0.25, 0.3) is 11.0 Å². The monoisotopic (exact) mass is 215 g/mol. The summed E-state index contributed by atoms with van der Waals surface area (Å²) < 4.78 is 2.01. The van der Waals surface area contributed by atoms with Crippen molar-refractivity contribution in [3.8, 4) is 0 Å². The smallest absolute Gasteiger partial charge is 0.158 e. The van der Waals surface area contributed by atoms with Crippen LogP contribution in [0.3, 0.4) is 0 Å². The molecule has 0 atom stereocenters. The Morgan fingerprint density at radius 2 is 2.12 bits per heavy atom. The first-order valence-corrected chi connectivity index (χ1v) is 5.67. The highest BCUT2D eigenvalue weighted by atomic mass is 16.1. The summed E-state index contributed by atoms with van der Waals surface area (Å²) in [6, 6.07) is 2.33. The predicted molar refractivity (Wildman–Crippen MR) is 60.4 cm³/mol. The van der Waals surface area contributed by atoms with Gasteiger partial charge in [0.05, 0.1) is 12.2 Å². The molecule has 82 valence electrons. The normalized spacial score (nSPS) is 17.0. The number of pyridine rings is 1. The lowest BCUT2D eigenvalue weighted by atomic mass is 10.2. The molecule has 0 amide bonds. The first-order valence-electron chi connectivity index (χ1n) is 5.67. The van der Waals surface area contributed by atoms with Gasteiger partial charge in [-0.1, -0.05) is 12.8 Å². The van der Waals surface area contributed by atoms with Crippen LogP contribution < -0.4 is 0 Å². The van der Waals surface area contributed by atoms with Crippen molar-refractivity contribution in [2.75, 3.05) is 0 Å². The van der Waals surface area contributed by atoms with E-state index in [0.717, 1.165) is 17.3 Å². The van der Waals surface area contributed by atoms with Gasteiger partial charge in [0.15, 0.2) is 11.9 Å². The van der Waals surface area contributed by atoms with Gasteiger partial charge in [-0.2, -0.15) is 5.10 Å². The summed E-state index contributed by atoms with van der Waals surface area (Å²) in [7, 11) is 0. The lowest BCUT2D eigenvalue weighted by molar-refractivity contribution is 0.112. The van der Waals surface area contributed by atoms with Gasteiger partial charge < -0.3 is 0 Å². The first kappa shape index (κ1) is 9.51. The summed E-state index contributed by atoms with van der Waals surface area (Å²) in [4.78, 5) is 15.0. The Morgan fingerprint density at radius 3 is 2.88 bits per heavy atom. The molecule has 16 heavy (non-hydrogen) atoms. The lowest BCUT2D eigenvalue weighted by Gasteiger charge is -2.09. The Balaban J connectivity index is 2.09. The molecular formula is C12H13N3O. The molecule has 0 aromatic carbocycles. The third-order valence-corrected chi connectivity index (χ3v) is 3.26. The van der Waals surface area contributed by atoms with E-state index in [9.17, 15) is 4.79 Å². The Bertz CT molecular complexity index is 526. The molecule has 4 nitrogen and oxygen atoms in total. The third-order valence-electron chi connectivity index (χ3n) is 3.26. The van der Waals surface area contributed by atoms with E-state index in [2.05, 4.69) is 10.1 Å². The summed E-state index contributed by atoms with van der Waals surface area (Å²) in [6.45, 7) is 0. The number of rotatable bonds is 2. The summed E-state index contributed by atoms with van der Waals surface area (Å²) in [5, 5.41) is 5.35. The second kappa shape index (κ2) is 3.70. The van der Waals surface area contributed by atoms with Crippen LogP contribution in [0.2, 0.25) is 0 Å². The van der Waals surface area contributed by atoms with Gasteiger partial charge >= 0.3 is 0 Å².